The number of aryl methyl sites for hydroxylation is 2. The van der Waals surface area contributed by atoms with E-state index in [0.29, 0.717) is 16.6 Å². The van der Waals surface area contributed by atoms with Crippen LogP contribution in [-0.4, -0.2) is 21.9 Å². The summed E-state index contributed by atoms with van der Waals surface area (Å²) in [6, 6.07) is 5.64. The van der Waals surface area contributed by atoms with Gasteiger partial charge in [0.05, 0.1) is 17.8 Å². The van der Waals surface area contributed by atoms with E-state index in [4.69, 9.17) is 22.1 Å². The van der Waals surface area contributed by atoms with Crippen molar-refractivity contribution in [2.75, 3.05) is 12.8 Å². The van der Waals surface area contributed by atoms with Crippen molar-refractivity contribution in [1.82, 2.24) is 14.8 Å². The number of fused-ring (bicyclic) bond motifs is 1. The van der Waals surface area contributed by atoms with Crippen molar-refractivity contribution < 1.29 is 4.74 Å². The third-order valence-corrected chi connectivity index (χ3v) is 3.73. The molecule has 3 rings (SSSR count). The molecule has 2 aromatic heterocycles. The summed E-state index contributed by atoms with van der Waals surface area (Å²) in [5.74, 6) is 1.26. The van der Waals surface area contributed by atoms with E-state index >= 15 is 0 Å². The van der Waals surface area contributed by atoms with Crippen LogP contribution < -0.4 is 10.5 Å². The highest BCUT2D eigenvalue weighted by Gasteiger charge is 2.16. The fraction of sp³-hybridized carbons (Fsp3) is 0.214. The number of hydrogen-bond acceptors (Lipinski definition) is 3. The second kappa shape index (κ2) is 4.45. The number of H-pyrrole nitrogens is 1. The SMILES string of the molecule is COc1cc2c(-c3cc(N)n(C)n3)c(C)[nH]c2cc1Cl. The third kappa shape index (κ3) is 1.82. The zero-order valence-corrected chi connectivity index (χ0v) is 12.2. The lowest BCUT2D eigenvalue weighted by molar-refractivity contribution is 0.415. The molecule has 104 valence electrons. The number of nitrogens with one attached hydrogen (secondary N) is 1. The van der Waals surface area contributed by atoms with Gasteiger partial charge in [-0.15, -0.1) is 0 Å². The van der Waals surface area contributed by atoms with Crippen molar-refractivity contribution in [3.63, 3.8) is 0 Å². The quantitative estimate of drug-likeness (QED) is 0.762. The number of ether oxygens (including phenoxy) is 1. The van der Waals surface area contributed by atoms with E-state index in [1.807, 2.05) is 32.2 Å². The molecule has 0 unspecified atom stereocenters. The lowest BCUT2D eigenvalue weighted by atomic mass is 10.1. The Labute approximate surface area is 121 Å². The first kappa shape index (κ1) is 12.9. The van der Waals surface area contributed by atoms with Crippen LogP contribution >= 0.6 is 11.6 Å². The summed E-state index contributed by atoms with van der Waals surface area (Å²) in [7, 11) is 3.42. The van der Waals surface area contributed by atoms with Crippen molar-refractivity contribution in [2.45, 2.75) is 6.92 Å². The second-order valence-electron chi connectivity index (χ2n) is 4.74. The fourth-order valence-corrected chi connectivity index (χ4v) is 2.66. The first-order valence-corrected chi connectivity index (χ1v) is 6.54. The van der Waals surface area contributed by atoms with E-state index < -0.39 is 0 Å². The van der Waals surface area contributed by atoms with Crippen molar-refractivity contribution in [2.24, 2.45) is 7.05 Å². The number of hydrogen-bond donors (Lipinski definition) is 2. The maximum Gasteiger partial charge on any atom is 0.138 e. The highest BCUT2D eigenvalue weighted by Crippen LogP contribution is 2.37. The first-order valence-electron chi connectivity index (χ1n) is 6.17. The number of aromatic nitrogens is 3. The lowest BCUT2D eigenvalue weighted by Gasteiger charge is -2.03. The van der Waals surface area contributed by atoms with Crippen LogP contribution in [0.5, 0.6) is 5.75 Å². The number of halogens is 1. The largest absolute Gasteiger partial charge is 0.495 e. The number of benzene rings is 1. The first-order chi connectivity index (χ1) is 9.51. The van der Waals surface area contributed by atoms with E-state index in [-0.39, 0.29) is 0 Å². The van der Waals surface area contributed by atoms with E-state index in [1.54, 1.807) is 11.8 Å². The molecule has 0 atom stereocenters. The summed E-state index contributed by atoms with van der Waals surface area (Å²) in [5.41, 5.74) is 9.68. The molecule has 3 N–H and O–H groups in total. The van der Waals surface area contributed by atoms with Gasteiger partial charge in [0.1, 0.15) is 11.6 Å². The molecule has 5 nitrogen and oxygen atoms in total. The molecular formula is C14H15ClN4O. The van der Waals surface area contributed by atoms with Gasteiger partial charge in [-0.2, -0.15) is 5.10 Å². The second-order valence-corrected chi connectivity index (χ2v) is 5.14. The van der Waals surface area contributed by atoms with Crippen LogP contribution in [0.4, 0.5) is 5.82 Å². The molecule has 2 heterocycles. The summed E-state index contributed by atoms with van der Waals surface area (Å²) in [6.07, 6.45) is 0. The van der Waals surface area contributed by atoms with Gasteiger partial charge < -0.3 is 15.5 Å². The molecule has 0 aliphatic carbocycles. The van der Waals surface area contributed by atoms with Crippen LogP contribution in [0.1, 0.15) is 5.69 Å². The van der Waals surface area contributed by atoms with Gasteiger partial charge in [-0.25, -0.2) is 0 Å². The molecule has 0 aliphatic heterocycles. The average Bonchev–Trinajstić information content (AvgIpc) is 2.87. The minimum atomic E-state index is 0.577. The van der Waals surface area contributed by atoms with Gasteiger partial charge in [-0.3, -0.25) is 4.68 Å². The van der Waals surface area contributed by atoms with Gasteiger partial charge in [0, 0.05) is 35.3 Å². The Morgan fingerprint density at radius 1 is 1.35 bits per heavy atom. The average molecular weight is 291 g/mol. The number of anilines is 1. The van der Waals surface area contributed by atoms with E-state index in [9.17, 15) is 0 Å². The standard InChI is InChI=1S/C14H15ClN4O/c1-7-14(11-6-13(16)19(2)18-11)8-4-12(20-3)9(15)5-10(8)17-7/h4-6,17H,16H2,1-3H3. The highest BCUT2D eigenvalue weighted by molar-refractivity contribution is 6.33. The molecular weight excluding hydrogens is 276 g/mol. The van der Waals surface area contributed by atoms with E-state index in [1.165, 1.54) is 0 Å². The Balaban J connectivity index is 2.32. The van der Waals surface area contributed by atoms with Gasteiger partial charge in [0.15, 0.2) is 0 Å². The maximum absolute atomic E-state index is 6.16. The van der Waals surface area contributed by atoms with Crippen LogP contribution in [0, 0.1) is 6.92 Å². The molecule has 0 spiro atoms. The zero-order valence-electron chi connectivity index (χ0n) is 11.5. The van der Waals surface area contributed by atoms with Crippen molar-refractivity contribution in [1.29, 1.82) is 0 Å². The Kier molecular flexibility index (Phi) is 2.87. The van der Waals surface area contributed by atoms with Crippen LogP contribution in [0.15, 0.2) is 18.2 Å². The number of nitrogen functional groups attached to an aromatic ring is 1. The Morgan fingerprint density at radius 3 is 2.70 bits per heavy atom. The topological polar surface area (TPSA) is 68.9 Å². The predicted molar refractivity (Wildman–Crippen MR) is 81.2 cm³/mol. The summed E-state index contributed by atoms with van der Waals surface area (Å²) >= 11 is 6.16. The minimum Gasteiger partial charge on any atom is -0.495 e. The number of rotatable bonds is 2. The monoisotopic (exact) mass is 290 g/mol. The van der Waals surface area contributed by atoms with Crippen LogP contribution in [0.3, 0.4) is 0 Å². The van der Waals surface area contributed by atoms with Crippen molar-refractivity contribution in [3.8, 4) is 17.0 Å². The number of nitrogens with two attached hydrogens (primary N) is 1. The molecule has 0 saturated carbocycles. The molecule has 0 aliphatic rings. The zero-order chi connectivity index (χ0) is 14.4. The molecule has 0 radical (unpaired) electrons. The van der Waals surface area contributed by atoms with Gasteiger partial charge in [0.25, 0.3) is 0 Å². The molecule has 1 aromatic carbocycles. The Bertz CT molecular complexity index is 784. The van der Waals surface area contributed by atoms with Crippen molar-refractivity contribution >= 4 is 28.3 Å². The Morgan fingerprint density at radius 2 is 2.10 bits per heavy atom. The molecule has 20 heavy (non-hydrogen) atoms. The lowest BCUT2D eigenvalue weighted by Crippen LogP contribution is -1.96. The van der Waals surface area contributed by atoms with Gasteiger partial charge in [-0.05, 0) is 19.1 Å². The summed E-state index contributed by atoms with van der Waals surface area (Å²) in [4.78, 5) is 3.32. The number of methoxy groups -OCH3 is 1. The molecule has 0 bridgehead atoms. The molecule has 0 amide bonds. The number of nitrogens with zero attached hydrogens (tertiary/aromatic N) is 2. The summed E-state index contributed by atoms with van der Waals surface area (Å²) in [5, 5.41) is 6.03. The van der Waals surface area contributed by atoms with E-state index in [0.717, 1.165) is 27.9 Å². The normalized spacial score (nSPS) is 11.2. The van der Waals surface area contributed by atoms with Crippen LogP contribution in [-0.2, 0) is 7.05 Å². The molecule has 6 heteroatoms. The smallest absolute Gasteiger partial charge is 0.138 e. The molecule has 0 fully saturated rings. The predicted octanol–water partition coefficient (Wildman–Crippen LogP) is 3.12. The third-order valence-electron chi connectivity index (χ3n) is 3.43. The maximum atomic E-state index is 6.16. The van der Waals surface area contributed by atoms with Gasteiger partial charge >= 0.3 is 0 Å². The van der Waals surface area contributed by atoms with Crippen molar-refractivity contribution in [3.05, 3.63) is 28.9 Å². The number of aromatic amines is 1. The summed E-state index contributed by atoms with van der Waals surface area (Å²) < 4.78 is 6.94. The van der Waals surface area contributed by atoms with Crippen LogP contribution in [0.2, 0.25) is 5.02 Å². The minimum absolute atomic E-state index is 0.577. The van der Waals surface area contributed by atoms with Gasteiger partial charge in [-0.1, -0.05) is 11.6 Å². The van der Waals surface area contributed by atoms with Crippen LogP contribution in [0.25, 0.3) is 22.2 Å². The Hall–Kier alpha value is -2.14. The van der Waals surface area contributed by atoms with E-state index in [2.05, 4.69) is 10.1 Å². The summed E-state index contributed by atoms with van der Waals surface area (Å²) in [6.45, 7) is 2.00. The van der Waals surface area contributed by atoms with Gasteiger partial charge in [0.2, 0.25) is 0 Å². The highest BCUT2D eigenvalue weighted by atomic mass is 35.5. The molecule has 3 aromatic rings. The fourth-order valence-electron chi connectivity index (χ4n) is 2.42. The molecule has 0 saturated heterocycles.